The molecule has 0 radical (unpaired) electrons. The average molecular weight is 245 g/mol. The van der Waals surface area contributed by atoms with Crippen molar-refractivity contribution in [2.24, 2.45) is 0 Å². The van der Waals surface area contributed by atoms with Crippen molar-refractivity contribution >= 4 is 22.6 Å². The first kappa shape index (κ1) is 11.7. The van der Waals surface area contributed by atoms with Crippen LogP contribution in [0.2, 0.25) is 9.63 Å². The molecule has 0 unspecified atom stereocenters. The summed E-state index contributed by atoms with van der Waals surface area (Å²) in [6.07, 6.45) is 0.0459. The fourth-order valence-electron chi connectivity index (χ4n) is 0.471. The summed E-state index contributed by atoms with van der Waals surface area (Å²) in [6, 6.07) is 0. The number of hydrogen-bond donors (Lipinski definition) is 2. The van der Waals surface area contributed by atoms with E-state index in [2.05, 4.69) is 20.8 Å². The molecule has 3 nitrogen and oxygen atoms in total. The first-order valence-corrected chi connectivity index (χ1v) is 7.26. The van der Waals surface area contributed by atoms with Gasteiger partial charge in [0.15, 0.2) is 0 Å². The first-order valence-electron chi connectivity index (χ1n) is 3.39. The fraction of sp³-hybridized carbons (Fsp3) is 1.00. The molecule has 0 rings (SSSR count). The Labute approximate surface area is 73.9 Å². The third-order valence-electron chi connectivity index (χ3n) is 0.918. The van der Waals surface area contributed by atoms with Gasteiger partial charge in [-0.05, 0) is 0 Å². The van der Waals surface area contributed by atoms with E-state index >= 15 is 0 Å². The third kappa shape index (κ3) is 10.7. The minimum atomic E-state index is -3.74. The topological polar surface area (TPSA) is 57.5 Å². The van der Waals surface area contributed by atoms with Crippen molar-refractivity contribution in [2.75, 3.05) is 6.16 Å². The molecule has 0 atom stereocenters. The molecule has 0 aliphatic carbocycles. The van der Waals surface area contributed by atoms with Gasteiger partial charge in [-0.15, -0.1) is 0 Å². The maximum atomic E-state index is 10.4. The van der Waals surface area contributed by atoms with Gasteiger partial charge in [0.2, 0.25) is 0 Å². The van der Waals surface area contributed by atoms with E-state index in [0.717, 1.165) is 0 Å². The molecular weight excluding hydrogens is 230 g/mol. The predicted octanol–water partition coefficient (Wildman–Crippen LogP) is 1.50. The van der Waals surface area contributed by atoms with Gasteiger partial charge in [-0.1, -0.05) is 0 Å². The zero-order valence-corrected chi connectivity index (χ0v) is 9.68. The molecule has 0 bridgehead atoms. The van der Waals surface area contributed by atoms with Crippen LogP contribution >= 0.6 is 7.60 Å². The normalized spacial score (nSPS) is 13.5. The molecule has 0 aromatic carbocycles. The molecule has 0 spiro atoms. The van der Waals surface area contributed by atoms with Crippen LogP contribution in [0.1, 0.15) is 20.8 Å². The maximum absolute atomic E-state index is 10.4. The molecule has 0 aromatic heterocycles. The van der Waals surface area contributed by atoms with Crippen LogP contribution in [-0.2, 0) is 4.57 Å². The van der Waals surface area contributed by atoms with E-state index < -0.39 is 7.60 Å². The number of hydrogen-bond acceptors (Lipinski definition) is 1. The van der Waals surface area contributed by atoms with Gasteiger partial charge < -0.3 is 0 Å². The van der Waals surface area contributed by atoms with Crippen LogP contribution in [0, 0.1) is 0 Å². The molecular formula is C6H15O3PSe. The summed E-state index contributed by atoms with van der Waals surface area (Å²) >= 11 is 0.328. The van der Waals surface area contributed by atoms with E-state index in [9.17, 15) is 4.57 Å². The molecule has 2 N–H and O–H groups in total. The quantitative estimate of drug-likeness (QED) is 0.585. The van der Waals surface area contributed by atoms with E-state index in [-0.39, 0.29) is 10.5 Å². The van der Waals surface area contributed by atoms with Crippen molar-refractivity contribution in [2.45, 2.75) is 30.4 Å². The van der Waals surface area contributed by atoms with Gasteiger partial charge in [0.1, 0.15) is 0 Å². The van der Waals surface area contributed by atoms with Gasteiger partial charge in [-0.2, -0.15) is 0 Å². The molecule has 0 saturated carbocycles. The zero-order chi connectivity index (χ0) is 9.12. The Kier molecular flexibility index (Phi) is 4.31. The molecule has 0 fully saturated rings. The Morgan fingerprint density at radius 3 is 2.09 bits per heavy atom. The summed E-state index contributed by atoms with van der Waals surface area (Å²) in [4.78, 5) is 17.1. The molecule has 0 aliphatic rings. The summed E-state index contributed by atoms with van der Waals surface area (Å²) in [5.74, 6) is 0. The van der Waals surface area contributed by atoms with Gasteiger partial charge in [0.25, 0.3) is 0 Å². The predicted molar refractivity (Wildman–Crippen MR) is 47.2 cm³/mol. The van der Waals surface area contributed by atoms with Crippen LogP contribution in [0.15, 0.2) is 0 Å². The van der Waals surface area contributed by atoms with E-state index in [1.807, 2.05) is 0 Å². The zero-order valence-electron chi connectivity index (χ0n) is 7.07. The second-order valence-corrected chi connectivity index (χ2v) is 9.16. The molecule has 0 amide bonds. The summed E-state index contributed by atoms with van der Waals surface area (Å²) < 4.78 is 10.7. The van der Waals surface area contributed by atoms with Crippen LogP contribution in [0.3, 0.4) is 0 Å². The SMILES string of the molecule is CC(C)(C)[Se]CCP(=O)(O)O. The Balaban J connectivity index is 3.52. The standard InChI is InChI=1S/C6H15O3PSe/c1-6(2,3)11-5-4-10(7,8)9/h4-5H2,1-3H3,(H2,7,8,9). The molecule has 5 heteroatoms. The van der Waals surface area contributed by atoms with E-state index in [4.69, 9.17) is 9.79 Å². The summed E-state index contributed by atoms with van der Waals surface area (Å²) in [5.41, 5.74) is 0. The molecule has 0 saturated heterocycles. The van der Waals surface area contributed by atoms with E-state index in [0.29, 0.717) is 20.3 Å². The fourth-order valence-corrected chi connectivity index (χ4v) is 4.16. The van der Waals surface area contributed by atoms with Crippen LogP contribution in [0.5, 0.6) is 0 Å². The van der Waals surface area contributed by atoms with Crippen LogP contribution in [0.25, 0.3) is 0 Å². The Bertz CT molecular complexity index is 158. The van der Waals surface area contributed by atoms with Crippen molar-refractivity contribution in [3.8, 4) is 0 Å². The van der Waals surface area contributed by atoms with Crippen LogP contribution in [0.4, 0.5) is 0 Å². The van der Waals surface area contributed by atoms with Crippen molar-refractivity contribution in [3.05, 3.63) is 0 Å². The number of rotatable bonds is 3. The summed E-state index contributed by atoms with van der Waals surface area (Å²) in [5, 5.41) is 0.667. The molecule has 68 valence electrons. The molecule has 0 aliphatic heterocycles. The van der Waals surface area contributed by atoms with Crippen molar-refractivity contribution in [1.82, 2.24) is 0 Å². The second-order valence-electron chi connectivity index (χ2n) is 3.35. The second kappa shape index (κ2) is 4.06. The molecule has 0 heterocycles. The Morgan fingerprint density at radius 2 is 1.82 bits per heavy atom. The van der Waals surface area contributed by atoms with Crippen molar-refractivity contribution in [1.29, 1.82) is 0 Å². The van der Waals surface area contributed by atoms with E-state index in [1.165, 1.54) is 0 Å². The van der Waals surface area contributed by atoms with Crippen molar-refractivity contribution in [3.63, 3.8) is 0 Å². The molecule has 0 aromatic rings. The van der Waals surface area contributed by atoms with Gasteiger partial charge in [-0.25, -0.2) is 0 Å². The first-order chi connectivity index (χ1) is 4.71. The average Bonchev–Trinajstić information content (AvgIpc) is 1.55. The monoisotopic (exact) mass is 246 g/mol. The Morgan fingerprint density at radius 1 is 1.36 bits per heavy atom. The van der Waals surface area contributed by atoms with E-state index in [1.54, 1.807) is 0 Å². The third-order valence-corrected chi connectivity index (χ3v) is 5.08. The summed E-state index contributed by atoms with van der Waals surface area (Å²) in [6.45, 7) is 6.27. The van der Waals surface area contributed by atoms with Gasteiger partial charge >= 0.3 is 73.5 Å². The Hall–Kier alpha value is 0.669. The van der Waals surface area contributed by atoms with Gasteiger partial charge in [0.05, 0.1) is 0 Å². The summed E-state index contributed by atoms with van der Waals surface area (Å²) in [7, 11) is -3.74. The van der Waals surface area contributed by atoms with Gasteiger partial charge in [0, 0.05) is 0 Å². The molecule has 11 heavy (non-hydrogen) atoms. The van der Waals surface area contributed by atoms with Crippen LogP contribution in [-0.4, -0.2) is 30.9 Å². The minimum absolute atomic E-state index is 0.0459. The van der Waals surface area contributed by atoms with Gasteiger partial charge in [-0.3, -0.25) is 0 Å². The van der Waals surface area contributed by atoms with Crippen molar-refractivity contribution < 1.29 is 14.4 Å². The van der Waals surface area contributed by atoms with Crippen LogP contribution < -0.4 is 0 Å².